The van der Waals surface area contributed by atoms with Gasteiger partial charge in [0.15, 0.2) is 5.76 Å². The lowest BCUT2D eigenvalue weighted by molar-refractivity contribution is -0.118. The summed E-state index contributed by atoms with van der Waals surface area (Å²) < 4.78 is 5.36. The van der Waals surface area contributed by atoms with E-state index in [1.54, 1.807) is 6.92 Å². The minimum absolute atomic E-state index is 0.157. The predicted octanol–water partition coefficient (Wildman–Crippen LogP) is 3.60. The molecule has 0 radical (unpaired) electrons. The van der Waals surface area contributed by atoms with Crippen molar-refractivity contribution in [2.45, 2.75) is 32.6 Å². The highest BCUT2D eigenvalue weighted by atomic mass is 16.5. The van der Waals surface area contributed by atoms with Crippen LogP contribution in [0.15, 0.2) is 40.9 Å². The molecule has 0 aliphatic rings. The summed E-state index contributed by atoms with van der Waals surface area (Å²) in [5.74, 6) is 0.895. The van der Waals surface area contributed by atoms with Gasteiger partial charge in [-0.1, -0.05) is 49.3 Å². The third-order valence-corrected chi connectivity index (χ3v) is 2.95. The van der Waals surface area contributed by atoms with Gasteiger partial charge in [-0.25, -0.2) is 0 Å². The minimum Gasteiger partial charge on any atom is -0.356 e. The zero-order valence-corrected chi connectivity index (χ0v) is 10.9. The number of benzene rings is 1. The predicted molar refractivity (Wildman–Crippen MR) is 70.3 cm³/mol. The fourth-order valence-electron chi connectivity index (χ4n) is 2.05. The van der Waals surface area contributed by atoms with E-state index in [2.05, 4.69) is 5.16 Å². The number of hydrogen-bond acceptors (Lipinski definition) is 3. The molecule has 0 atom stereocenters. The van der Waals surface area contributed by atoms with Crippen molar-refractivity contribution in [3.05, 3.63) is 42.1 Å². The first-order valence-corrected chi connectivity index (χ1v) is 6.01. The number of nitrogens with zero attached hydrogens (tertiary/aromatic N) is 1. The van der Waals surface area contributed by atoms with Gasteiger partial charge < -0.3 is 4.52 Å². The maximum atomic E-state index is 11.3. The SMILES string of the molecule is CC(=O)CC(C)(C)c1cc(-c2ccccc2)on1. The normalized spacial score (nSPS) is 11.5. The molecule has 0 N–H and O–H groups in total. The van der Waals surface area contributed by atoms with E-state index in [-0.39, 0.29) is 11.2 Å². The van der Waals surface area contributed by atoms with Crippen LogP contribution in [0.5, 0.6) is 0 Å². The van der Waals surface area contributed by atoms with E-state index in [9.17, 15) is 4.79 Å². The summed E-state index contributed by atoms with van der Waals surface area (Å²) in [6.45, 7) is 5.60. The van der Waals surface area contributed by atoms with Crippen molar-refractivity contribution in [1.29, 1.82) is 0 Å². The van der Waals surface area contributed by atoms with E-state index in [1.165, 1.54) is 0 Å². The Hall–Kier alpha value is -1.90. The molecule has 0 bridgehead atoms. The molecule has 0 unspecified atom stereocenters. The third-order valence-electron chi connectivity index (χ3n) is 2.95. The second kappa shape index (κ2) is 4.77. The molecule has 0 aliphatic carbocycles. The van der Waals surface area contributed by atoms with Crippen LogP contribution in [0, 0.1) is 0 Å². The van der Waals surface area contributed by atoms with Gasteiger partial charge in [0, 0.05) is 23.5 Å². The molecule has 1 aromatic carbocycles. The molecule has 0 aliphatic heterocycles. The van der Waals surface area contributed by atoms with Crippen molar-refractivity contribution in [3.63, 3.8) is 0 Å². The monoisotopic (exact) mass is 243 g/mol. The highest BCUT2D eigenvalue weighted by Gasteiger charge is 2.26. The first kappa shape index (κ1) is 12.6. The molecule has 3 heteroatoms. The molecule has 0 saturated carbocycles. The van der Waals surface area contributed by atoms with Gasteiger partial charge in [0.2, 0.25) is 0 Å². The molecule has 0 amide bonds. The number of Topliss-reactive ketones (excluding diaryl/α,β-unsaturated/α-hetero) is 1. The zero-order chi connectivity index (χ0) is 13.2. The molecular formula is C15H17NO2. The van der Waals surface area contributed by atoms with Gasteiger partial charge in [-0.05, 0) is 6.92 Å². The van der Waals surface area contributed by atoms with Crippen molar-refractivity contribution in [2.24, 2.45) is 0 Å². The standard InChI is InChI=1S/C15H17NO2/c1-11(17)10-15(2,3)14-9-13(18-16-14)12-7-5-4-6-8-12/h4-9H,10H2,1-3H3. The Morgan fingerprint density at radius 3 is 2.56 bits per heavy atom. The molecule has 1 heterocycles. The summed E-state index contributed by atoms with van der Waals surface area (Å²) in [6, 6.07) is 11.7. The van der Waals surface area contributed by atoms with Crippen LogP contribution in [-0.2, 0) is 10.2 Å². The molecule has 3 nitrogen and oxygen atoms in total. The fourth-order valence-corrected chi connectivity index (χ4v) is 2.05. The molecule has 0 saturated heterocycles. The quantitative estimate of drug-likeness (QED) is 0.824. The summed E-state index contributed by atoms with van der Waals surface area (Å²) in [7, 11) is 0. The average Bonchev–Trinajstić information content (AvgIpc) is 2.78. The minimum atomic E-state index is -0.289. The molecule has 0 spiro atoms. The van der Waals surface area contributed by atoms with Crippen LogP contribution in [0.1, 0.15) is 32.9 Å². The second-order valence-electron chi connectivity index (χ2n) is 5.21. The Bertz CT molecular complexity index is 541. The Balaban J connectivity index is 2.28. The Kier molecular flexibility index (Phi) is 3.32. The van der Waals surface area contributed by atoms with E-state index < -0.39 is 0 Å². The number of aromatic nitrogens is 1. The lowest BCUT2D eigenvalue weighted by atomic mass is 9.84. The lowest BCUT2D eigenvalue weighted by Gasteiger charge is -2.19. The van der Waals surface area contributed by atoms with Crippen molar-refractivity contribution < 1.29 is 9.32 Å². The Labute approximate surface area is 107 Å². The van der Waals surface area contributed by atoms with Crippen LogP contribution < -0.4 is 0 Å². The van der Waals surface area contributed by atoms with Gasteiger partial charge in [0.05, 0.1) is 5.69 Å². The summed E-state index contributed by atoms with van der Waals surface area (Å²) in [5.41, 5.74) is 1.52. The number of carbonyl (C=O) groups excluding carboxylic acids is 1. The molecule has 94 valence electrons. The van der Waals surface area contributed by atoms with Gasteiger partial charge >= 0.3 is 0 Å². The molecule has 0 fully saturated rings. The summed E-state index contributed by atoms with van der Waals surface area (Å²) in [5, 5.41) is 4.09. The second-order valence-corrected chi connectivity index (χ2v) is 5.21. The van der Waals surface area contributed by atoms with Gasteiger partial charge in [-0.3, -0.25) is 4.79 Å². The van der Waals surface area contributed by atoms with Crippen molar-refractivity contribution >= 4 is 5.78 Å². The van der Waals surface area contributed by atoms with E-state index in [4.69, 9.17) is 4.52 Å². The van der Waals surface area contributed by atoms with Crippen molar-refractivity contribution in [1.82, 2.24) is 5.16 Å². The zero-order valence-electron chi connectivity index (χ0n) is 10.9. The van der Waals surface area contributed by atoms with Gasteiger partial charge in [0.1, 0.15) is 5.78 Å². The maximum absolute atomic E-state index is 11.3. The summed E-state index contributed by atoms with van der Waals surface area (Å²) in [4.78, 5) is 11.3. The maximum Gasteiger partial charge on any atom is 0.167 e. The first-order valence-electron chi connectivity index (χ1n) is 6.01. The van der Waals surface area contributed by atoms with E-state index >= 15 is 0 Å². The number of hydrogen-bond donors (Lipinski definition) is 0. The van der Waals surface area contributed by atoms with E-state index in [0.29, 0.717) is 6.42 Å². The topological polar surface area (TPSA) is 43.1 Å². The van der Waals surface area contributed by atoms with E-state index in [1.807, 2.05) is 50.2 Å². The first-order chi connectivity index (χ1) is 8.49. The van der Waals surface area contributed by atoms with Crippen LogP contribution in [0.4, 0.5) is 0 Å². The smallest absolute Gasteiger partial charge is 0.167 e. The summed E-state index contributed by atoms with van der Waals surface area (Å²) >= 11 is 0. The average molecular weight is 243 g/mol. The number of rotatable bonds is 4. The van der Waals surface area contributed by atoms with Gasteiger partial charge in [-0.15, -0.1) is 0 Å². The highest BCUT2D eigenvalue weighted by molar-refractivity contribution is 5.77. The fraction of sp³-hybridized carbons (Fsp3) is 0.333. The van der Waals surface area contributed by atoms with Crippen LogP contribution in [-0.4, -0.2) is 10.9 Å². The van der Waals surface area contributed by atoms with Gasteiger partial charge in [-0.2, -0.15) is 0 Å². The molecule has 2 aromatic rings. The third kappa shape index (κ3) is 2.67. The van der Waals surface area contributed by atoms with Crippen LogP contribution in [0.25, 0.3) is 11.3 Å². The van der Waals surface area contributed by atoms with E-state index in [0.717, 1.165) is 17.0 Å². The number of carbonyl (C=O) groups is 1. The van der Waals surface area contributed by atoms with Crippen LogP contribution >= 0.6 is 0 Å². The Morgan fingerprint density at radius 1 is 1.28 bits per heavy atom. The molecule has 2 rings (SSSR count). The molecule has 18 heavy (non-hydrogen) atoms. The van der Waals surface area contributed by atoms with Gasteiger partial charge in [0.25, 0.3) is 0 Å². The van der Waals surface area contributed by atoms with Crippen LogP contribution in [0.3, 0.4) is 0 Å². The largest absolute Gasteiger partial charge is 0.356 e. The Morgan fingerprint density at radius 2 is 1.94 bits per heavy atom. The van der Waals surface area contributed by atoms with Crippen LogP contribution in [0.2, 0.25) is 0 Å². The lowest BCUT2D eigenvalue weighted by Crippen LogP contribution is -2.20. The molecular weight excluding hydrogens is 226 g/mol. The highest BCUT2D eigenvalue weighted by Crippen LogP contribution is 2.30. The molecule has 1 aromatic heterocycles. The number of ketones is 1. The van der Waals surface area contributed by atoms with Crippen molar-refractivity contribution in [2.75, 3.05) is 0 Å². The van der Waals surface area contributed by atoms with Crippen molar-refractivity contribution in [3.8, 4) is 11.3 Å². The summed E-state index contributed by atoms with van der Waals surface area (Å²) in [6.07, 6.45) is 0.466.